The standard InChI is InChI=1S/C12H22N4O5/c1-3-16(4-2)10(18)7-14-12(21)15-8(11(19)20)5-6-9(13)17/h8H,3-7H2,1-2H3,(H2,13,17)(H,19,20)(H2,14,15,21). The Balaban J connectivity index is 4.29. The van der Waals surface area contributed by atoms with Gasteiger partial charge in [0.15, 0.2) is 0 Å². The number of carbonyl (C=O) groups is 4. The number of urea groups is 1. The van der Waals surface area contributed by atoms with Crippen LogP contribution in [0, 0.1) is 0 Å². The van der Waals surface area contributed by atoms with Crippen LogP contribution >= 0.6 is 0 Å². The van der Waals surface area contributed by atoms with Crippen molar-refractivity contribution in [1.29, 1.82) is 0 Å². The molecule has 1 unspecified atom stereocenters. The van der Waals surface area contributed by atoms with Gasteiger partial charge in [0.1, 0.15) is 6.04 Å². The quantitative estimate of drug-likeness (QED) is 0.426. The van der Waals surface area contributed by atoms with Crippen molar-refractivity contribution in [3.8, 4) is 0 Å². The van der Waals surface area contributed by atoms with Crippen molar-refractivity contribution < 1.29 is 24.3 Å². The lowest BCUT2D eigenvalue weighted by Crippen LogP contribution is -2.49. The van der Waals surface area contributed by atoms with Crippen LogP contribution in [-0.4, -0.2) is 59.5 Å². The average molecular weight is 302 g/mol. The molecule has 0 spiro atoms. The number of carboxylic acids is 1. The van der Waals surface area contributed by atoms with Crippen LogP contribution in [0.25, 0.3) is 0 Å². The van der Waals surface area contributed by atoms with E-state index in [1.807, 2.05) is 13.8 Å². The Bertz CT molecular complexity index is 395. The van der Waals surface area contributed by atoms with Gasteiger partial charge in [-0.15, -0.1) is 0 Å². The summed E-state index contributed by atoms with van der Waals surface area (Å²) in [4.78, 5) is 46.2. The minimum absolute atomic E-state index is 0.109. The molecule has 1 atom stereocenters. The first-order valence-electron chi connectivity index (χ1n) is 6.65. The Morgan fingerprint density at radius 1 is 1.19 bits per heavy atom. The normalized spacial score (nSPS) is 11.3. The van der Waals surface area contributed by atoms with Crippen LogP contribution in [-0.2, 0) is 14.4 Å². The van der Waals surface area contributed by atoms with Crippen LogP contribution in [0.3, 0.4) is 0 Å². The molecule has 0 aromatic rings. The molecule has 0 saturated carbocycles. The molecule has 0 saturated heterocycles. The smallest absolute Gasteiger partial charge is 0.326 e. The van der Waals surface area contributed by atoms with Crippen molar-refractivity contribution in [2.75, 3.05) is 19.6 Å². The second-order valence-electron chi connectivity index (χ2n) is 4.29. The summed E-state index contributed by atoms with van der Waals surface area (Å²) in [6.45, 7) is 4.44. The molecule has 0 aliphatic carbocycles. The van der Waals surface area contributed by atoms with Gasteiger partial charge in [0.2, 0.25) is 11.8 Å². The van der Waals surface area contributed by atoms with Gasteiger partial charge < -0.3 is 26.4 Å². The molecule has 0 bridgehead atoms. The van der Waals surface area contributed by atoms with E-state index in [1.165, 1.54) is 4.90 Å². The van der Waals surface area contributed by atoms with E-state index >= 15 is 0 Å². The summed E-state index contributed by atoms with van der Waals surface area (Å²) in [5.74, 6) is -2.19. The number of amides is 4. The van der Waals surface area contributed by atoms with E-state index in [-0.39, 0.29) is 25.3 Å². The van der Waals surface area contributed by atoms with Gasteiger partial charge in [-0.1, -0.05) is 0 Å². The number of hydrogen-bond donors (Lipinski definition) is 4. The van der Waals surface area contributed by atoms with Gasteiger partial charge in [0, 0.05) is 19.5 Å². The molecule has 0 heterocycles. The number of aliphatic carboxylic acids is 1. The van der Waals surface area contributed by atoms with Gasteiger partial charge in [-0.25, -0.2) is 9.59 Å². The maximum absolute atomic E-state index is 11.7. The van der Waals surface area contributed by atoms with Crippen LogP contribution in [0.4, 0.5) is 4.79 Å². The molecule has 0 rings (SSSR count). The van der Waals surface area contributed by atoms with Crippen molar-refractivity contribution >= 4 is 23.8 Å². The molecule has 0 aliphatic heterocycles. The number of rotatable bonds is 9. The Kier molecular flexibility index (Phi) is 8.51. The number of hydrogen-bond acceptors (Lipinski definition) is 4. The van der Waals surface area contributed by atoms with Crippen molar-refractivity contribution in [3.63, 3.8) is 0 Å². The summed E-state index contributed by atoms with van der Waals surface area (Å²) in [5, 5.41) is 13.4. The summed E-state index contributed by atoms with van der Waals surface area (Å²) < 4.78 is 0. The van der Waals surface area contributed by atoms with E-state index in [0.29, 0.717) is 13.1 Å². The van der Waals surface area contributed by atoms with E-state index in [2.05, 4.69) is 10.6 Å². The third-order valence-electron chi connectivity index (χ3n) is 2.80. The zero-order valence-electron chi connectivity index (χ0n) is 12.2. The molecular formula is C12H22N4O5. The topological polar surface area (TPSA) is 142 Å². The first kappa shape index (κ1) is 18.7. The SMILES string of the molecule is CCN(CC)C(=O)CNC(=O)NC(CCC(N)=O)C(=O)O. The van der Waals surface area contributed by atoms with Crippen molar-refractivity contribution in [2.45, 2.75) is 32.7 Å². The van der Waals surface area contributed by atoms with Crippen LogP contribution < -0.4 is 16.4 Å². The molecule has 9 heteroatoms. The Morgan fingerprint density at radius 2 is 1.76 bits per heavy atom. The third-order valence-corrected chi connectivity index (χ3v) is 2.80. The van der Waals surface area contributed by atoms with Gasteiger partial charge in [0.25, 0.3) is 0 Å². The predicted molar refractivity (Wildman–Crippen MR) is 74.3 cm³/mol. The van der Waals surface area contributed by atoms with Gasteiger partial charge in [-0.05, 0) is 20.3 Å². The van der Waals surface area contributed by atoms with E-state index < -0.39 is 23.9 Å². The molecule has 0 fully saturated rings. The number of likely N-dealkylation sites (N-methyl/N-ethyl adjacent to an activating group) is 1. The number of nitrogens with two attached hydrogens (primary N) is 1. The summed E-state index contributed by atoms with van der Waals surface area (Å²) in [6.07, 6.45) is -0.266. The fourth-order valence-electron chi connectivity index (χ4n) is 1.60. The molecule has 9 nitrogen and oxygen atoms in total. The molecule has 0 aromatic carbocycles. The molecule has 0 aliphatic rings. The maximum Gasteiger partial charge on any atom is 0.326 e. The van der Waals surface area contributed by atoms with Gasteiger partial charge >= 0.3 is 12.0 Å². The van der Waals surface area contributed by atoms with E-state index in [9.17, 15) is 19.2 Å². The molecule has 4 amide bonds. The van der Waals surface area contributed by atoms with Crippen LogP contribution in [0.15, 0.2) is 0 Å². The summed E-state index contributed by atoms with van der Waals surface area (Å²) in [6, 6.07) is -2.02. The lowest BCUT2D eigenvalue weighted by Gasteiger charge is -2.19. The summed E-state index contributed by atoms with van der Waals surface area (Å²) in [5.41, 5.74) is 4.92. The van der Waals surface area contributed by atoms with E-state index in [1.54, 1.807) is 0 Å². The van der Waals surface area contributed by atoms with Gasteiger partial charge in [-0.2, -0.15) is 0 Å². The van der Waals surface area contributed by atoms with Crippen LogP contribution in [0.5, 0.6) is 0 Å². The van der Waals surface area contributed by atoms with Gasteiger partial charge in [-0.3, -0.25) is 9.59 Å². The highest BCUT2D eigenvalue weighted by atomic mass is 16.4. The zero-order chi connectivity index (χ0) is 16.4. The second kappa shape index (κ2) is 9.56. The van der Waals surface area contributed by atoms with Gasteiger partial charge in [0.05, 0.1) is 6.54 Å². The Labute approximate surface area is 122 Å². The van der Waals surface area contributed by atoms with E-state index in [4.69, 9.17) is 10.8 Å². The minimum atomic E-state index is -1.28. The minimum Gasteiger partial charge on any atom is -0.480 e. The number of carboxylic acid groups (broad SMARTS) is 1. The molecule has 120 valence electrons. The average Bonchev–Trinajstić information content (AvgIpc) is 2.41. The number of nitrogens with one attached hydrogen (secondary N) is 2. The monoisotopic (exact) mass is 302 g/mol. The lowest BCUT2D eigenvalue weighted by molar-refractivity contribution is -0.139. The number of nitrogens with zero attached hydrogens (tertiary/aromatic N) is 1. The van der Waals surface area contributed by atoms with Crippen molar-refractivity contribution in [3.05, 3.63) is 0 Å². The van der Waals surface area contributed by atoms with E-state index in [0.717, 1.165) is 0 Å². The Morgan fingerprint density at radius 3 is 2.19 bits per heavy atom. The number of carbonyl (C=O) groups excluding carboxylic acids is 3. The largest absolute Gasteiger partial charge is 0.480 e. The Hall–Kier alpha value is -2.32. The zero-order valence-corrected chi connectivity index (χ0v) is 12.2. The van der Waals surface area contributed by atoms with Crippen LogP contribution in [0.1, 0.15) is 26.7 Å². The number of primary amides is 1. The molecular weight excluding hydrogens is 280 g/mol. The summed E-state index contributed by atoms with van der Waals surface area (Å²) in [7, 11) is 0. The summed E-state index contributed by atoms with van der Waals surface area (Å²) >= 11 is 0. The molecule has 21 heavy (non-hydrogen) atoms. The lowest BCUT2D eigenvalue weighted by atomic mass is 10.1. The first-order valence-corrected chi connectivity index (χ1v) is 6.65. The fraction of sp³-hybridized carbons (Fsp3) is 0.667. The fourth-order valence-corrected chi connectivity index (χ4v) is 1.60. The van der Waals surface area contributed by atoms with Crippen molar-refractivity contribution in [1.82, 2.24) is 15.5 Å². The third kappa shape index (κ3) is 7.75. The predicted octanol–water partition coefficient (Wildman–Crippen LogP) is -1.13. The highest BCUT2D eigenvalue weighted by Crippen LogP contribution is 1.97. The highest BCUT2D eigenvalue weighted by molar-refractivity contribution is 5.86. The molecule has 5 N–H and O–H groups in total. The molecule has 0 aromatic heterocycles. The second-order valence-corrected chi connectivity index (χ2v) is 4.29. The maximum atomic E-state index is 11.7. The van der Waals surface area contributed by atoms with Crippen molar-refractivity contribution in [2.24, 2.45) is 5.73 Å². The first-order chi connectivity index (χ1) is 9.81. The molecule has 0 radical (unpaired) electrons. The van der Waals surface area contributed by atoms with Crippen LogP contribution in [0.2, 0.25) is 0 Å². The highest BCUT2D eigenvalue weighted by Gasteiger charge is 2.21.